The van der Waals surface area contributed by atoms with Gasteiger partial charge in [-0.3, -0.25) is 0 Å². The minimum atomic E-state index is 0.258. The number of thiophene rings is 1. The molecule has 0 saturated carbocycles. The minimum absolute atomic E-state index is 0.258. The van der Waals surface area contributed by atoms with Crippen LogP contribution in [0.3, 0.4) is 0 Å². The van der Waals surface area contributed by atoms with Crippen LogP contribution in [-0.2, 0) is 13.0 Å². The van der Waals surface area contributed by atoms with Gasteiger partial charge in [0.1, 0.15) is 0 Å². The van der Waals surface area contributed by atoms with Crippen molar-refractivity contribution in [1.82, 2.24) is 9.80 Å². The van der Waals surface area contributed by atoms with Gasteiger partial charge < -0.3 is 9.80 Å². The lowest BCUT2D eigenvalue weighted by molar-refractivity contribution is 0.149. The van der Waals surface area contributed by atoms with Crippen molar-refractivity contribution in [2.24, 2.45) is 0 Å². The molecule has 2 aliphatic heterocycles. The third kappa shape index (κ3) is 2.39. The molecule has 18 heavy (non-hydrogen) atoms. The fourth-order valence-electron chi connectivity index (χ4n) is 2.87. The van der Waals surface area contributed by atoms with E-state index < -0.39 is 0 Å². The molecule has 0 aromatic carbocycles. The highest BCUT2D eigenvalue weighted by Crippen LogP contribution is 2.25. The Bertz CT molecular complexity index is 421. The third-order valence-corrected chi connectivity index (χ3v) is 4.98. The van der Waals surface area contributed by atoms with Crippen molar-refractivity contribution >= 4 is 17.4 Å². The van der Waals surface area contributed by atoms with Gasteiger partial charge in [-0.2, -0.15) is 0 Å². The van der Waals surface area contributed by atoms with Crippen molar-refractivity contribution in [3.63, 3.8) is 0 Å². The molecule has 0 N–H and O–H groups in total. The first-order chi connectivity index (χ1) is 8.84. The van der Waals surface area contributed by atoms with Crippen molar-refractivity contribution in [2.75, 3.05) is 19.6 Å². The summed E-state index contributed by atoms with van der Waals surface area (Å²) >= 11 is 1.83. The number of carbonyl (C=O) groups is 1. The number of urea groups is 1. The molecule has 0 unspecified atom stereocenters. The number of amides is 2. The van der Waals surface area contributed by atoms with E-state index in [9.17, 15) is 4.79 Å². The molecule has 1 saturated heterocycles. The first-order valence-electron chi connectivity index (χ1n) is 6.94. The van der Waals surface area contributed by atoms with E-state index in [1.54, 1.807) is 0 Å². The molecular formula is C14H20N2OS. The predicted octanol–water partition coefficient (Wildman–Crippen LogP) is 3.10. The third-order valence-electron chi connectivity index (χ3n) is 3.95. The first-order valence-corrected chi connectivity index (χ1v) is 7.81. The fourth-order valence-corrected chi connectivity index (χ4v) is 3.76. The van der Waals surface area contributed by atoms with Gasteiger partial charge in [0, 0.05) is 31.1 Å². The molecule has 0 bridgehead atoms. The van der Waals surface area contributed by atoms with Crippen LogP contribution in [-0.4, -0.2) is 35.5 Å². The van der Waals surface area contributed by atoms with Crippen molar-refractivity contribution in [3.05, 3.63) is 21.9 Å². The monoisotopic (exact) mass is 264 g/mol. The molecule has 0 aliphatic carbocycles. The SMILES string of the molecule is O=C(N1CCCCCC1)N1CCc2sccc2C1. The van der Waals surface area contributed by atoms with Crippen LogP contribution in [0.15, 0.2) is 11.4 Å². The Hall–Kier alpha value is -1.03. The van der Waals surface area contributed by atoms with Gasteiger partial charge in [0.25, 0.3) is 0 Å². The summed E-state index contributed by atoms with van der Waals surface area (Å²) in [5.74, 6) is 0. The molecule has 2 aliphatic rings. The molecule has 3 nitrogen and oxygen atoms in total. The largest absolute Gasteiger partial charge is 0.325 e. The number of nitrogens with zero attached hydrogens (tertiary/aromatic N) is 2. The number of carbonyl (C=O) groups excluding carboxylic acids is 1. The Labute approximate surface area is 112 Å². The van der Waals surface area contributed by atoms with Gasteiger partial charge in [-0.1, -0.05) is 12.8 Å². The summed E-state index contributed by atoms with van der Waals surface area (Å²) < 4.78 is 0. The Morgan fingerprint density at radius 3 is 2.61 bits per heavy atom. The summed E-state index contributed by atoms with van der Waals surface area (Å²) in [5, 5.41) is 2.14. The molecule has 98 valence electrons. The van der Waals surface area contributed by atoms with Crippen LogP contribution in [0.4, 0.5) is 4.79 Å². The highest BCUT2D eigenvalue weighted by molar-refractivity contribution is 7.10. The van der Waals surface area contributed by atoms with E-state index in [-0.39, 0.29) is 6.03 Å². The van der Waals surface area contributed by atoms with E-state index in [0.29, 0.717) is 0 Å². The molecule has 3 rings (SSSR count). The van der Waals surface area contributed by atoms with Crippen molar-refractivity contribution in [2.45, 2.75) is 38.6 Å². The van der Waals surface area contributed by atoms with E-state index >= 15 is 0 Å². The maximum Gasteiger partial charge on any atom is 0.320 e. The normalized spacial score (nSPS) is 20.4. The van der Waals surface area contributed by atoms with Crippen LogP contribution in [0, 0.1) is 0 Å². The Morgan fingerprint density at radius 1 is 1.06 bits per heavy atom. The quantitative estimate of drug-likeness (QED) is 0.706. The van der Waals surface area contributed by atoms with Gasteiger partial charge in [0.2, 0.25) is 0 Å². The molecule has 1 aromatic rings. The maximum atomic E-state index is 12.5. The van der Waals surface area contributed by atoms with Gasteiger partial charge >= 0.3 is 6.03 Å². The first kappa shape index (κ1) is 12.0. The number of hydrogen-bond acceptors (Lipinski definition) is 2. The van der Waals surface area contributed by atoms with Gasteiger partial charge in [0.15, 0.2) is 0 Å². The lowest BCUT2D eigenvalue weighted by Crippen LogP contribution is -2.45. The molecule has 1 aromatic heterocycles. The Kier molecular flexibility index (Phi) is 3.55. The summed E-state index contributed by atoms with van der Waals surface area (Å²) in [6.07, 6.45) is 5.93. The zero-order valence-corrected chi connectivity index (χ0v) is 11.5. The molecule has 1 fully saturated rings. The summed E-state index contributed by atoms with van der Waals surface area (Å²) in [4.78, 5) is 18.0. The Balaban J connectivity index is 1.66. The fraction of sp³-hybridized carbons (Fsp3) is 0.643. The van der Waals surface area contributed by atoms with E-state index in [2.05, 4.69) is 16.3 Å². The van der Waals surface area contributed by atoms with E-state index in [1.807, 2.05) is 16.2 Å². The predicted molar refractivity (Wildman–Crippen MR) is 73.9 cm³/mol. The second-order valence-corrected chi connectivity index (χ2v) is 6.23. The minimum Gasteiger partial charge on any atom is -0.325 e. The summed E-state index contributed by atoms with van der Waals surface area (Å²) in [5.41, 5.74) is 1.36. The van der Waals surface area contributed by atoms with Crippen LogP contribution < -0.4 is 0 Å². The topological polar surface area (TPSA) is 23.6 Å². The lowest BCUT2D eigenvalue weighted by Gasteiger charge is -2.32. The standard InChI is InChI=1S/C14H20N2OS/c17-14(15-7-3-1-2-4-8-15)16-9-5-13-12(11-16)6-10-18-13/h6,10H,1-5,7-9,11H2. The smallest absolute Gasteiger partial charge is 0.320 e. The van der Waals surface area contributed by atoms with E-state index in [0.717, 1.165) is 32.6 Å². The summed E-state index contributed by atoms with van der Waals surface area (Å²) in [6, 6.07) is 2.43. The second-order valence-electron chi connectivity index (χ2n) is 5.22. The number of rotatable bonds is 0. The van der Waals surface area contributed by atoms with Crippen LogP contribution in [0.2, 0.25) is 0 Å². The van der Waals surface area contributed by atoms with Crippen LogP contribution in [0.25, 0.3) is 0 Å². The average molecular weight is 264 g/mol. The zero-order chi connectivity index (χ0) is 12.4. The van der Waals surface area contributed by atoms with Crippen molar-refractivity contribution in [3.8, 4) is 0 Å². The highest BCUT2D eigenvalue weighted by Gasteiger charge is 2.25. The molecule has 3 heterocycles. The molecular weight excluding hydrogens is 244 g/mol. The number of fused-ring (bicyclic) bond motifs is 1. The molecule has 0 spiro atoms. The molecule has 2 amide bonds. The summed E-state index contributed by atoms with van der Waals surface area (Å²) in [6.45, 7) is 3.61. The van der Waals surface area contributed by atoms with Gasteiger partial charge in [-0.25, -0.2) is 4.79 Å². The van der Waals surface area contributed by atoms with Gasteiger partial charge in [-0.05, 0) is 36.3 Å². The van der Waals surface area contributed by atoms with Crippen LogP contribution in [0.1, 0.15) is 36.1 Å². The van der Waals surface area contributed by atoms with Crippen LogP contribution >= 0.6 is 11.3 Å². The molecule has 0 radical (unpaired) electrons. The average Bonchev–Trinajstić information content (AvgIpc) is 2.69. The molecule has 4 heteroatoms. The number of likely N-dealkylation sites (tertiary alicyclic amines) is 1. The van der Waals surface area contributed by atoms with Crippen molar-refractivity contribution < 1.29 is 4.79 Å². The summed E-state index contributed by atoms with van der Waals surface area (Å²) in [7, 11) is 0. The van der Waals surface area contributed by atoms with Gasteiger partial charge in [-0.15, -0.1) is 11.3 Å². The van der Waals surface area contributed by atoms with Crippen molar-refractivity contribution in [1.29, 1.82) is 0 Å². The highest BCUT2D eigenvalue weighted by atomic mass is 32.1. The number of hydrogen-bond donors (Lipinski definition) is 0. The van der Waals surface area contributed by atoms with Crippen LogP contribution in [0.5, 0.6) is 0 Å². The van der Waals surface area contributed by atoms with E-state index in [4.69, 9.17) is 0 Å². The second kappa shape index (κ2) is 5.31. The zero-order valence-electron chi connectivity index (χ0n) is 10.7. The molecule has 0 atom stereocenters. The maximum absolute atomic E-state index is 12.5. The Morgan fingerprint density at radius 2 is 1.83 bits per heavy atom. The van der Waals surface area contributed by atoms with Gasteiger partial charge in [0.05, 0.1) is 0 Å². The van der Waals surface area contributed by atoms with E-state index in [1.165, 1.54) is 36.1 Å². The lowest BCUT2D eigenvalue weighted by atomic mass is 10.1.